The summed E-state index contributed by atoms with van der Waals surface area (Å²) in [6.45, 7) is 1.79. The Balaban J connectivity index is 0.00000196. The molecule has 4 N–H and O–H groups in total. The highest BCUT2D eigenvalue weighted by molar-refractivity contribution is 5.85. The standard InChI is InChI=1S/C10H14FNO2.ClH/c1-2-8(13)10(12)6-3-4-9(14)7(11)5-6;/h3-5,8,10,13-14H,2,12H2,1H3;1H/t8-,10+;/m0./s1. The second-order valence-electron chi connectivity index (χ2n) is 3.21. The molecule has 0 bridgehead atoms. The minimum absolute atomic E-state index is 0. The summed E-state index contributed by atoms with van der Waals surface area (Å²) >= 11 is 0. The average molecular weight is 236 g/mol. The van der Waals surface area contributed by atoms with E-state index in [1.165, 1.54) is 12.1 Å². The Labute approximate surface area is 94.1 Å². The van der Waals surface area contributed by atoms with E-state index < -0.39 is 23.7 Å². The Morgan fingerprint density at radius 1 is 1.47 bits per heavy atom. The largest absolute Gasteiger partial charge is 0.505 e. The van der Waals surface area contributed by atoms with E-state index in [1.807, 2.05) is 0 Å². The topological polar surface area (TPSA) is 66.5 Å². The Morgan fingerprint density at radius 3 is 2.53 bits per heavy atom. The first-order valence-electron chi connectivity index (χ1n) is 4.48. The van der Waals surface area contributed by atoms with Crippen LogP contribution in [0.4, 0.5) is 4.39 Å². The Morgan fingerprint density at radius 2 is 2.07 bits per heavy atom. The maximum absolute atomic E-state index is 12.9. The summed E-state index contributed by atoms with van der Waals surface area (Å²) < 4.78 is 12.9. The third kappa shape index (κ3) is 3.34. The summed E-state index contributed by atoms with van der Waals surface area (Å²) in [4.78, 5) is 0. The zero-order valence-electron chi connectivity index (χ0n) is 8.35. The van der Waals surface area contributed by atoms with Crippen LogP contribution in [0.25, 0.3) is 0 Å². The molecule has 1 aromatic rings. The molecule has 15 heavy (non-hydrogen) atoms. The molecule has 0 radical (unpaired) electrons. The van der Waals surface area contributed by atoms with Crippen molar-refractivity contribution in [1.29, 1.82) is 0 Å². The van der Waals surface area contributed by atoms with Crippen LogP contribution in [0.15, 0.2) is 18.2 Å². The van der Waals surface area contributed by atoms with Crippen LogP contribution in [0.5, 0.6) is 5.75 Å². The van der Waals surface area contributed by atoms with E-state index in [0.29, 0.717) is 12.0 Å². The normalized spacial score (nSPS) is 14.1. The van der Waals surface area contributed by atoms with Gasteiger partial charge < -0.3 is 15.9 Å². The van der Waals surface area contributed by atoms with Crippen molar-refractivity contribution >= 4 is 12.4 Å². The van der Waals surface area contributed by atoms with Crippen LogP contribution in [0.3, 0.4) is 0 Å². The Kier molecular flexibility index (Phi) is 5.57. The minimum atomic E-state index is -0.721. The molecule has 5 heteroatoms. The predicted octanol–water partition coefficient (Wildman–Crippen LogP) is 1.72. The van der Waals surface area contributed by atoms with Crippen molar-refractivity contribution in [3.8, 4) is 5.75 Å². The predicted molar refractivity (Wildman–Crippen MR) is 58.5 cm³/mol. The van der Waals surface area contributed by atoms with Gasteiger partial charge in [-0.3, -0.25) is 0 Å². The zero-order chi connectivity index (χ0) is 10.7. The molecule has 2 atom stereocenters. The summed E-state index contributed by atoms with van der Waals surface area (Å²) in [5.41, 5.74) is 6.15. The van der Waals surface area contributed by atoms with Gasteiger partial charge in [-0.1, -0.05) is 13.0 Å². The minimum Gasteiger partial charge on any atom is -0.505 e. The quantitative estimate of drug-likeness (QED) is 0.748. The summed E-state index contributed by atoms with van der Waals surface area (Å²) in [6.07, 6.45) is -0.192. The molecule has 3 nitrogen and oxygen atoms in total. The highest BCUT2D eigenvalue weighted by atomic mass is 35.5. The van der Waals surface area contributed by atoms with Crippen molar-refractivity contribution in [3.05, 3.63) is 29.6 Å². The van der Waals surface area contributed by atoms with E-state index in [1.54, 1.807) is 6.92 Å². The first-order valence-corrected chi connectivity index (χ1v) is 4.48. The van der Waals surface area contributed by atoms with E-state index >= 15 is 0 Å². The third-order valence-electron chi connectivity index (χ3n) is 2.19. The smallest absolute Gasteiger partial charge is 0.165 e. The number of nitrogens with two attached hydrogens (primary N) is 1. The van der Waals surface area contributed by atoms with E-state index in [-0.39, 0.29) is 12.4 Å². The summed E-state index contributed by atoms with van der Waals surface area (Å²) in [5, 5.41) is 18.4. The maximum atomic E-state index is 12.9. The van der Waals surface area contributed by atoms with Gasteiger partial charge in [-0.15, -0.1) is 12.4 Å². The molecular formula is C10H15ClFNO2. The van der Waals surface area contributed by atoms with Gasteiger partial charge in [0.2, 0.25) is 0 Å². The van der Waals surface area contributed by atoms with Gasteiger partial charge in [0.25, 0.3) is 0 Å². The van der Waals surface area contributed by atoms with E-state index in [0.717, 1.165) is 6.07 Å². The number of aliphatic hydroxyl groups is 1. The van der Waals surface area contributed by atoms with Crippen LogP contribution < -0.4 is 5.73 Å². The number of rotatable bonds is 3. The zero-order valence-corrected chi connectivity index (χ0v) is 9.17. The fraction of sp³-hybridized carbons (Fsp3) is 0.400. The molecular weight excluding hydrogens is 221 g/mol. The molecule has 0 amide bonds. The van der Waals surface area contributed by atoms with Crippen molar-refractivity contribution in [2.24, 2.45) is 5.73 Å². The fourth-order valence-corrected chi connectivity index (χ4v) is 1.21. The summed E-state index contributed by atoms with van der Waals surface area (Å²) in [6, 6.07) is 3.25. The van der Waals surface area contributed by atoms with Crippen LogP contribution in [0.1, 0.15) is 24.9 Å². The van der Waals surface area contributed by atoms with Gasteiger partial charge in [-0.2, -0.15) is 0 Å². The Hall–Kier alpha value is -0.840. The van der Waals surface area contributed by atoms with Crippen molar-refractivity contribution in [1.82, 2.24) is 0 Å². The van der Waals surface area contributed by atoms with Crippen LogP contribution in [-0.2, 0) is 0 Å². The number of aliphatic hydroxyl groups excluding tert-OH is 1. The first kappa shape index (κ1) is 14.2. The molecule has 86 valence electrons. The van der Waals surface area contributed by atoms with Gasteiger partial charge in [0.1, 0.15) is 0 Å². The molecule has 1 aromatic carbocycles. The molecule has 0 fully saturated rings. The van der Waals surface area contributed by atoms with Gasteiger partial charge in [0.15, 0.2) is 11.6 Å². The maximum Gasteiger partial charge on any atom is 0.165 e. The van der Waals surface area contributed by atoms with Crippen LogP contribution in [-0.4, -0.2) is 16.3 Å². The Bertz CT molecular complexity index is 322. The molecule has 0 aromatic heterocycles. The van der Waals surface area contributed by atoms with Crippen molar-refractivity contribution in [2.45, 2.75) is 25.5 Å². The molecule has 0 aliphatic rings. The lowest BCUT2D eigenvalue weighted by atomic mass is 10.0. The average Bonchev–Trinajstić information content (AvgIpc) is 2.20. The fourth-order valence-electron chi connectivity index (χ4n) is 1.21. The number of phenolic OH excluding ortho intramolecular Hbond substituents is 1. The highest BCUT2D eigenvalue weighted by Crippen LogP contribution is 2.22. The van der Waals surface area contributed by atoms with Gasteiger partial charge in [-0.05, 0) is 24.1 Å². The molecule has 0 aliphatic carbocycles. The summed E-state index contributed by atoms with van der Waals surface area (Å²) in [7, 11) is 0. The van der Waals surface area contributed by atoms with Gasteiger partial charge >= 0.3 is 0 Å². The third-order valence-corrected chi connectivity index (χ3v) is 2.19. The second kappa shape index (κ2) is 5.90. The first-order chi connectivity index (χ1) is 6.56. The van der Waals surface area contributed by atoms with Gasteiger partial charge in [-0.25, -0.2) is 4.39 Å². The van der Waals surface area contributed by atoms with E-state index in [9.17, 15) is 9.50 Å². The van der Waals surface area contributed by atoms with Gasteiger partial charge in [0.05, 0.1) is 12.1 Å². The van der Waals surface area contributed by atoms with Crippen LogP contribution in [0, 0.1) is 5.82 Å². The van der Waals surface area contributed by atoms with Crippen LogP contribution in [0.2, 0.25) is 0 Å². The number of benzene rings is 1. The molecule has 0 unspecified atom stereocenters. The summed E-state index contributed by atoms with van der Waals surface area (Å²) in [5.74, 6) is -1.13. The number of aromatic hydroxyl groups is 1. The van der Waals surface area contributed by atoms with Crippen molar-refractivity contribution < 1.29 is 14.6 Å². The SMILES string of the molecule is CC[C@H](O)[C@H](N)c1ccc(O)c(F)c1.Cl. The molecule has 0 heterocycles. The highest BCUT2D eigenvalue weighted by Gasteiger charge is 2.16. The van der Waals surface area contributed by atoms with Crippen molar-refractivity contribution in [2.75, 3.05) is 0 Å². The molecule has 1 rings (SSSR count). The lowest BCUT2D eigenvalue weighted by molar-refractivity contribution is 0.140. The molecule has 0 saturated heterocycles. The van der Waals surface area contributed by atoms with Gasteiger partial charge in [0, 0.05) is 0 Å². The number of hydrogen-bond donors (Lipinski definition) is 3. The molecule has 0 spiro atoms. The molecule has 0 aliphatic heterocycles. The number of hydrogen-bond acceptors (Lipinski definition) is 3. The lowest BCUT2D eigenvalue weighted by Crippen LogP contribution is -2.25. The number of phenols is 1. The van der Waals surface area contributed by atoms with Crippen LogP contribution >= 0.6 is 12.4 Å². The van der Waals surface area contributed by atoms with E-state index in [4.69, 9.17) is 10.8 Å². The monoisotopic (exact) mass is 235 g/mol. The molecule has 0 saturated carbocycles. The van der Waals surface area contributed by atoms with E-state index in [2.05, 4.69) is 0 Å². The number of halogens is 2. The second-order valence-corrected chi connectivity index (χ2v) is 3.21. The van der Waals surface area contributed by atoms with Crippen molar-refractivity contribution in [3.63, 3.8) is 0 Å². The lowest BCUT2D eigenvalue weighted by Gasteiger charge is -2.17.